The van der Waals surface area contributed by atoms with Crippen LogP contribution in [0, 0.1) is 0 Å². The topological polar surface area (TPSA) is 77.9 Å². The number of rotatable bonds is 10. The number of alkyl halides is 3. The van der Waals surface area contributed by atoms with Gasteiger partial charge in [-0.25, -0.2) is 9.78 Å². The number of ether oxygens (including phenoxy) is 3. The number of aliphatic carboxylic acids is 1. The molecule has 0 aliphatic carbocycles. The second-order valence-electron chi connectivity index (χ2n) is 6.44. The van der Waals surface area contributed by atoms with Crippen molar-refractivity contribution in [2.75, 3.05) is 13.2 Å². The zero-order valence-electron chi connectivity index (χ0n) is 16.0. The third kappa shape index (κ3) is 7.61. The van der Waals surface area contributed by atoms with Crippen LogP contribution in [0.2, 0.25) is 0 Å². The standard InChI is InChI=1S/C20H22F3NO5/c1-13(2)29-17(19(25)26)11-14-7-8-24-18(12-14)28-10-9-27-16-5-3-15(4-6-16)20(21,22)23/h3-8,12-13,17H,9-11H2,1-2H3,(H,25,26). The van der Waals surface area contributed by atoms with Gasteiger partial charge in [0, 0.05) is 18.7 Å². The largest absolute Gasteiger partial charge is 0.490 e. The molecule has 1 N–H and O–H groups in total. The molecule has 6 nitrogen and oxygen atoms in total. The van der Waals surface area contributed by atoms with Crippen LogP contribution < -0.4 is 9.47 Å². The van der Waals surface area contributed by atoms with Gasteiger partial charge in [-0.05, 0) is 49.7 Å². The van der Waals surface area contributed by atoms with Crippen molar-refractivity contribution in [2.45, 2.75) is 38.7 Å². The average Bonchev–Trinajstić information content (AvgIpc) is 2.64. The fourth-order valence-corrected chi connectivity index (χ4v) is 2.44. The molecule has 1 heterocycles. The SMILES string of the molecule is CC(C)OC(Cc1ccnc(OCCOc2ccc(C(F)(F)F)cc2)c1)C(=O)O. The number of hydrogen-bond acceptors (Lipinski definition) is 5. The Morgan fingerprint density at radius 2 is 1.76 bits per heavy atom. The van der Waals surface area contributed by atoms with Crippen molar-refractivity contribution in [1.29, 1.82) is 0 Å². The van der Waals surface area contributed by atoms with E-state index in [2.05, 4.69) is 4.98 Å². The molecule has 29 heavy (non-hydrogen) atoms. The number of hydrogen-bond donors (Lipinski definition) is 1. The number of halogens is 3. The number of carboxylic acids is 1. The van der Waals surface area contributed by atoms with Crippen LogP contribution in [0.15, 0.2) is 42.6 Å². The van der Waals surface area contributed by atoms with Gasteiger partial charge in [0.25, 0.3) is 0 Å². The maximum absolute atomic E-state index is 12.5. The van der Waals surface area contributed by atoms with Crippen LogP contribution >= 0.6 is 0 Å². The van der Waals surface area contributed by atoms with Crippen LogP contribution in [0.5, 0.6) is 11.6 Å². The van der Waals surface area contributed by atoms with Crippen LogP contribution in [-0.4, -0.2) is 41.5 Å². The Morgan fingerprint density at radius 3 is 2.34 bits per heavy atom. The molecule has 9 heteroatoms. The van der Waals surface area contributed by atoms with Crippen molar-refractivity contribution < 1.29 is 37.3 Å². The molecule has 0 aliphatic rings. The number of aromatic nitrogens is 1. The number of carbonyl (C=O) groups is 1. The van der Waals surface area contributed by atoms with Gasteiger partial charge in [0.1, 0.15) is 19.0 Å². The average molecular weight is 413 g/mol. The van der Waals surface area contributed by atoms with E-state index in [-0.39, 0.29) is 31.6 Å². The Labute approximate surface area is 166 Å². The van der Waals surface area contributed by atoms with E-state index in [1.54, 1.807) is 26.0 Å². The summed E-state index contributed by atoms with van der Waals surface area (Å²) >= 11 is 0. The molecule has 0 saturated carbocycles. The summed E-state index contributed by atoms with van der Waals surface area (Å²) in [5.41, 5.74) is -0.0602. The third-order valence-electron chi connectivity index (χ3n) is 3.72. The lowest BCUT2D eigenvalue weighted by atomic mass is 10.1. The Kier molecular flexibility index (Phi) is 7.83. The summed E-state index contributed by atoms with van der Waals surface area (Å²) in [7, 11) is 0. The van der Waals surface area contributed by atoms with Gasteiger partial charge in [-0.3, -0.25) is 0 Å². The first-order valence-electron chi connectivity index (χ1n) is 8.91. The van der Waals surface area contributed by atoms with Crippen LogP contribution in [0.3, 0.4) is 0 Å². The number of nitrogens with zero attached hydrogens (tertiary/aromatic N) is 1. The van der Waals surface area contributed by atoms with Gasteiger partial charge in [0.15, 0.2) is 6.10 Å². The van der Waals surface area contributed by atoms with E-state index in [0.717, 1.165) is 12.1 Å². The predicted molar refractivity (Wildman–Crippen MR) is 98.0 cm³/mol. The third-order valence-corrected chi connectivity index (χ3v) is 3.72. The zero-order chi connectivity index (χ0) is 21.4. The minimum Gasteiger partial charge on any atom is -0.490 e. The van der Waals surface area contributed by atoms with E-state index in [4.69, 9.17) is 14.2 Å². The lowest BCUT2D eigenvalue weighted by Gasteiger charge is -2.16. The molecule has 0 fully saturated rings. The highest BCUT2D eigenvalue weighted by atomic mass is 19.4. The summed E-state index contributed by atoms with van der Waals surface area (Å²) in [6.07, 6.45) is -3.94. The normalized spacial score (nSPS) is 12.6. The summed E-state index contributed by atoms with van der Waals surface area (Å²) in [5, 5.41) is 9.25. The van der Waals surface area contributed by atoms with Gasteiger partial charge < -0.3 is 19.3 Å². The van der Waals surface area contributed by atoms with Gasteiger partial charge in [0.05, 0.1) is 11.7 Å². The van der Waals surface area contributed by atoms with E-state index < -0.39 is 23.8 Å². The van der Waals surface area contributed by atoms with Crippen LogP contribution in [0.1, 0.15) is 25.0 Å². The Balaban J connectivity index is 1.84. The van der Waals surface area contributed by atoms with Crippen molar-refractivity contribution in [2.24, 2.45) is 0 Å². The smallest absolute Gasteiger partial charge is 0.416 e. The summed E-state index contributed by atoms with van der Waals surface area (Å²) in [6.45, 7) is 3.73. The summed E-state index contributed by atoms with van der Waals surface area (Å²) < 4.78 is 53.8. The molecule has 1 aromatic heterocycles. The first-order chi connectivity index (χ1) is 13.6. The predicted octanol–water partition coefficient (Wildman–Crippen LogP) is 3.98. The lowest BCUT2D eigenvalue weighted by Crippen LogP contribution is -2.29. The molecule has 1 aromatic carbocycles. The van der Waals surface area contributed by atoms with E-state index in [9.17, 15) is 23.1 Å². The molecule has 1 unspecified atom stereocenters. The molecular weight excluding hydrogens is 391 g/mol. The maximum atomic E-state index is 12.5. The highest BCUT2D eigenvalue weighted by molar-refractivity contribution is 5.72. The van der Waals surface area contributed by atoms with E-state index in [0.29, 0.717) is 11.3 Å². The maximum Gasteiger partial charge on any atom is 0.416 e. The highest BCUT2D eigenvalue weighted by Gasteiger charge is 2.30. The Hall–Kier alpha value is -2.81. The highest BCUT2D eigenvalue weighted by Crippen LogP contribution is 2.30. The summed E-state index contributed by atoms with van der Waals surface area (Å²) in [5.74, 6) is -0.478. The molecule has 0 aliphatic heterocycles. The quantitative estimate of drug-likeness (QED) is 0.594. The molecule has 0 saturated heterocycles. The molecule has 0 radical (unpaired) electrons. The Morgan fingerprint density at radius 1 is 1.10 bits per heavy atom. The fourth-order valence-electron chi connectivity index (χ4n) is 2.44. The van der Waals surface area contributed by atoms with Gasteiger partial charge in [-0.1, -0.05) is 0 Å². The molecule has 0 bridgehead atoms. The monoisotopic (exact) mass is 413 g/mol. The van der Waals surface area contributed by atoms with Crippen LogP contribution in [0.25, 0.3) is 0 Å². The zero-order valence-corrected chi connectivity index (χ0v) is 16.0. The van der Waals surface area contributed by atoms with Crippen molar-refractivity contribution in [3.8, 4) is 11.6 Å². The molecule has 2 rings (SSSR count). The van der Waals surface area contributed by atoms with Crippen molar-refractivity contribution >= 4 is 5.97 Å². The summed E-state index contributed by atoms with van der Waals surface area (Å²) in [4.78, 5) is 15.3. The fraction of sp³-hybridized carbons (Fsp3) is 0.400. The molecule has 0 amide bonds. The van der Waals surface area contributed by atoms with Gasteiger partial charge in [-0.15, -0.1) is 0 Å². The number of carboxylic acid groups (broad SMARTS) is 1. The molecular formula is C20H22F3NO5. The van der Waals surface area contributed by atoms with Gasteiger partial charge >= 0.3 is 12.1 Å². The number of pyridine rings is 1. The minimum atomic E-state index is -4.39. The molecule has 1 atom stereocenters. The second-order valence-corrected chi connectivity index (χ2v) is 6.44. The van der Waals surface area contributed by atoms with E-state index >= 15 is 0 Å². The molecule has 158 valence electrons. The Bertz CT molecular complexity index is 793. The van der Waals surface area contributed by atoms with Crippen LogP contribution in [0.4, 0.5) is 13.2 Å². The number of benzene rings is 1. The lowest BCUT2D eigenvalue weighted by molar-refractivity contribution is -0.153. The molecule has 2 aromatic rings. The summed E-state index contributed by atoms with van der Waals surface area (Å²) in [6, 6.07) is 7.65. The van der Waals surface area contributed by atoms with Crippen molar-refractivity contribution in [3.63, 3.8) is 0 Å². The van der Waals surface area contributed by atoms with E-state index in [1.807, 2.05) is 0 Å². The van der Waals surface area contributed by atoms with Gasteiger partial charge in [0.2, 0.25) is 5.88 Å². The van der Waals surface area contributed by atoms with Crippen molar-refractivity contribution in [3.05, 3.63) is 53.7 Å². The van der Waals surface area contributed by atoms with E-state index in [1.165, 1.54) is 18.3 Å². The first kappa shape index (κ1) is 22.5. The second kappa shape index (κ2) is 10.1. The van der Waals surface area contributed by atoms with Gasteiger partial charge in [-0.2, -0.15) is 13.2 Å². The van der Waals surface area contributed by atoms with Crippen molar-refractivity contribution in [1.82, 2.24) is 4.98 Å². The van der Waals surface area contributed by atoms with Crippen LogP contribution in [-0.2, 0) is 22.1 Å². The minimum absolute atomic E-state index is 0.103. The first-order valence-corrected chi connectivity index (χ1v) is 8.91. The molecule has 0 spiro atoms.